The second-order valence-electron chi connectivity index (χ2n) is 6.52. The fourth-order valence-corrected chi connectivity index (χ4v) is 3.94. The molecule has 2 heterocycles. The van der Waals surface area contributed by atoms with Crippen molar-refractivity contribution in [1.82, 2.24) is 9.80 Å². The third-order valence-electron chi connectivity index (χ3n) is 4.87. The van der Waals surface area contributed by atoms with Crippen molar-refractivity contribution < 1.29 is 4.74 Å². The number of hydrogen-bond acceptors (Lipinski definition) is 3. The number of ether oxygens (including phenoxy) is 1. The first kappa shape index (κ1) is 17.9. The molecular formula is C18H26ClN3OS. The van der Waals surface area contributed by atoms with E-state index in [-0.39, 0.29) is 0 Å². The summed E-state index contributed by atoms with van der Waals surface area (Å²) in [6.07, 6.45) is 4.92. The quantitative estimate of drug-likeness (QED) is 0.820. The number of halogens is 1. The molecule has 4 nitrogen and oxygen atoms in total. The van der Waals surface area contributed by atoms with Crippen LogP contribution in [0.1, 0.15) is 25.7 Å². The molecule has 0 saturated carbocycles. The summed E-state index contributed by atoms with van der Waals surface area (Å²) in [5.74, 6) is 0. The van der Waals surface area contributed by atoms with Crippen LogP contribution in [-0.2, 0) is 4.74 Å². The number of morpholine rings is 1. The smallest absolute Gasteiger partial charge is 0.173 e. The molecule has 2 saturated heterocycles. The number of hydrogen-bond donors (Lipinski definition) is 1. The van der Waals surface area contributed by atoms with Crippen LogP contribution in [0.5, 0.6) is 0 Å². The maximum atomic E-state index is 5.95. The lowest BCUT2D eigenvalue weighted by atomic mass is 9.99. The predicted octanol–water partition coefficient (Wildman–Crippen LogP) is 3.61. The Morgan fingerprint density at radius 2 is 1.92 bits per heavy atom. The van der Waals surface area contributed by atoms with Crippen LogP contribution in [0, 0.1) is 0 Å². The van der Waals surface area contributed by atoms with Gasteiger partial charge in [0.25, 0.3) is 0 Å². The van der Waals surface area contributed by atoms with Crippen LogP contribution in [-0.4, -0.2) is 60.3 Å². The maximum absolute atomic E-state index is 5.95. The van der Waals surface area contributed by atoms with Crippen molar-refractivity contribution in [2.75, 3.05) is 44.7 Å². The Balaban J connectivity index is 1.54. The normalized spacial score (nSPS) is 22.4. The van der Waals surface area contributed by atoms with E-state index in [1.807, 2.05) is 24.3 Å². The molecule has 1 atom stereocenters. The molecule has 2 aliphatic rings. The van der Waals surface area contributed by atoms with Crippen LogP contribution in [0.25, 0.3) is 0 Å². The Hall–Kier alpha value is -0.880. The van der Waals surface area contributed by atoms with Crippen LogP contribution in [0.2, 0.25) is 5.02 Å². The number of rotatable bonds is 4. The summed E-state index contributed by atoms with van der Waals surface area (Å²) in [4.78, 5) is 4.89. The van der Waals surface area contributed by atoms with Crippen molar-refractivity contribution >= 4 is 34.6 Å². The second-order valence-corrected chi connectivity index (χ2v) is 7.35. The van der Waals surface area contributed by atoms with E-state index in [4.69, 9.17) is 28.6 Å². The molecular weight excluding hydrogens is 342 g/mol. The standard InChI is InChI=1S/C18H26ClN3OS/c19-15-4-6-16(7-5-15)20-18(24)22-9-2-1-3-17(22)8-10-21-11-13-23-14-12-21/h4-7,17H,1-3,8-14H2,(H,20,24). The van der Waals surface area contributed by atoms with Gasteiger partial charge in [-0.2, -0.15) is 0 Å². The third-order valence-corrected chi connectivity index (χ3v) is 5.45. The number of anilines is 1. The van der Waals surface area contributed by atoms with Gasteiger partial charge in [0, 0.05) is 42.9 Å². The number of piperidine rings is 1. The van der Waals surface area contributed by atoms with Crippen molar-refractivity contribution in [2.45, 2.75) is 31.7 Å². The third kappa shape index (κ3) is 5.06. The molecule has 0 aromatic heterocycles. The van der Waals surface area contributed by atoms with Gasteiger partial charge in [-0.05, 0) is 62.2 Å². The molecule has 2 fully saturated rings. The Kier molecular flexibility index (Phi) is 6.72. The Bertz CT molecular complexity index is 534. The van der Waals surface area contributed by atoms with E-state index >= 15 is 0 Å². The number of nitrogens with one attached hydrogen (secondary N) is 1. The van der Waals surface area contributed by atoms with E-state index in [0.717, 1.165) is 55.2 Å². The van der Waals surface area contributed by atoms with Gasteiger partial charge < -0.3 is 15.0 Å². The molecule has 0 amide bonds. The van der Waals surface area contributed by atoms with Crippen molar-refractivity contribution in [3.8, 4) is 0 Å². The van der Waals surface area contributed by atoms with E-state index in [2.05, 4.69) is 15.1 Å². The number of nitrogens with zero attached hydrogens (tertiary/aromatic N) is 2. The van der Waals surface area contributed by atoms with E-state index < -0.39 is 0 Å². The number of thiocarbonyl (C=S) groups is 1. The summed E-state index contributed by atoms with van der Waals surface area (Å²) < 4.78 is 5.43. The Morgan fingerprint density at radius 1 is 1.17 bits per heavy atom. The first-order chi connectivity index (χ1) is 11.7. The van der Waals surface area contributed by atoms with E-state index in [1.54, 1.807) is 0 Å². The van der Waals surface area contributed by atoms with Gasteiger partial charge in [0.05, 0.1) is 13.2 Å². The zero-order valence-corrected chi connectivity index (χ0v) is 15.6. The summed E-state index contributed by atoms with van der Waals surface area (Å²) in [6.45, 7) is 6.03. The zero-order valence-electron chi connectivity index (χ0n) is 14.0. The van der Waals surface area contributed by atoms with Gasteiger partial charge >= 0.3 is 0 Å². The van der Waals surface area contributed by atoms with Gasteiger partial charge in [-0.3, -0.25) is 4.90 Å². The summed E-state index contributed by atoms with van der Waals surface area (Å²) >= 11 is 11.6. The predicted molar refractivity (Wildman–Crippen MR) is 104 cm³/mol. The van der Waals surface area contributed by atoms with Gasteiger partial charge in [0.15, 0.2) is 5.11 Å². The summed E-state index contributed by atoms with van der Waals surface area (Å²) in [7, 11) is 0. The molecule has 24 heavy (non-hydrogen) atoms. The van der Waals surface area contributed by atoms with E-state index in [9.17, 15) is 0 Å². The largest absolute Gasteiger partial charge is 0.379 e. The van der Waals surface area contributed by atoms with Crippen LogP contribution >= 0.6 is 23.8 Å². The molecule has 0 spiro atoms. The molecule has 0 aliphatic carbocycles. The van der Waals surface area contributed by atoms with Crippen LogP contribution in [0.15, 0.2) is 24.3 Å². The van der Waals surface area contributed by atoms with Gasteiger partial charge in [-0.25, -0.2) is 0 Å². The minimum atomic E-state index is 0.536. The second kappa shape index (κ2) is 8.99. The van der Waals surface area contributed by atoms with E-state index in [1.165, 1.54) is 25.7 Å². The topological polar surface area (TPSA) is 27.7 Å². The van der Waals surface area contributed by atoms with Gasteiger partial charge in [0.2, 0.25) is 0 Å². The summed E-state index contributed by atoms with van der Waals surface area (Å²) in [5, 5.41) is 4.95. The zero-order chi connectivity index (χ0) is 16.8. The molecule has 0 bridgehead atoms. The molecule has 132 valence electrons. The lowest BCUT2D eigenvalue weighted by Crippen LogP contribution is -2.47. The minimum absolute atomic E-state index is 0.536. The van der Waals surface area contributed by atoms with Gasteiger partial charge in [-0.1, -0.05) is 11.6 Å². The highest BCUT2D eigenvalue weighted by Gasteiger charge is 2.25. The van der Waals surface area contributed by atoms with E-state index in [0.29, 0.717) is 6.04 Å². The Morgan fingerprint density at radius 3 is 2.67 bits per heavy atom. The Labute approximate surface area is 155 Å². The minimum Gasteiger partial charge on any atom is -0.379 e. The highest BCUT2D eigenvalue weighted by atomic mass is 35.5. The molecule has 2 aliphatic heterocycles. The molecule has 3 rings (SSSR count). The maximum Gasteiger partial charge on any atom is 0.173 e. The molecule has 1 aromatic carbocycles. The lowest BCUT2D eigenvalue weighted by molar-refractivity contribution is 0.0338. The molecule has 0 radical (unpaired) electrons. The van der Waals surface area contributed by atoms with Crippen molar-refractivity contribution in [3.05, 3.63) is 29.3 Å². The summed E-state index contributed by atoms with van der Waals surface area (Å²) in [6, 6.07) is 8.26. The van der Waals surface area contributed by atoms with Crippen LogP contribution in [0.4, 0.5) is 5.69 Å². The van der Waals surface area contributed by atoms with Crippen LogP contribution in [0.3, 0.4) is 0 Å². The summed E-state index contributed by atoms with van der Waals surface area (Å²) in [5.41, 5.74) is 1.00. The average Bonchev–Trinajstić information content (AvgIpc) is 2.63. The monoisotopic (exact) mass is 367 g/mol. The molecule has 1 aromatic rings. The molecule has 6 heteroatoms. The first-order valence-corrected chi connectivity index (χ1v) is 9.64. The van der Waals surface area contributed by atoms with Crippen molar-refractivity contribution in [3.63, 3.8) is 0 Å². The van der Waals surface area contributed by atoms with Crippen LogP contribution < -0.4 is 5.32 Å². The van der Waals surface area contributed by atoms with Gasteiger partial charge in [0.1, 0.15) is 0 Å². The average molecular weight is 368 g/mol. The number of benzene rings is 1. The SMILES string of the molecule is S=C(Nc1ccc(Cl)cc1)N1CCCCC1CCN1CCOCC1. The fourth-order valence-electron chi connectivity index (χ4n) is 3.45. The first-order valence-electron chi connectivity index (χ1n) is 8.86. The highest BCUT2D eigenvalue weighted by Crippen LogP contribution is 2.22. The van der Waals surface area contributed by atoms with Crippen molar-refractivity contribution in [1.29, 1.82) is 0 Å². The molecule has 1 unspecified atom stereocenters. The molecule has 1 N–H and O–H groups in total. The van der Waals surface area contributed by atoms with Crippen molar-refractivity contribution in [2.24, 2.45) is 0 Å². The van der Waals surface area contributed by atoms with Gasteiger partial charge in [-0.15, -0.1) is 0 Å². The number of likely N-dealkylation sites (tertiary alicyclic amines) is 1. The highest BCUT2D eigenvalue weighted by molar-refractivity contribution is 7.80. The fraction of sp³-hybridized carbons (Fsp3) is 0.611. The lowest BCUT2D eigenvalue weighted by Gasteiger charge is -2.39.